The van der Waals surface area contributed by atoms with E-state index in [2.05, 4.69) is 204 Å². The number of halogens is 1. The second-order valence-electron chi connectivity index (χ2n) is 21.1. The first-order chi connectivity index (χ1) is 29.1. The zero-order valence-electron chi connectivity index (χ0n) is 38.8. The lowest BCUT2D eigenvalue weighted by molar-refractivity contribution is 0.480. The van der Waals surface area contributed by atoms with Crippen molar-refractivity contribution in [3.63, 3.8) is 0 Å². The van der Waals surface area contributed by atoms with E-state index < -0.39 is 7.25 Å². The molecule has 0 saturated heterocycles. The Balaban J connectivity index is 1.41. The first kappa shape index (κ1) is 42.8. The number of hydrogen-bond donors (Lipinski definition) is 0. The van der Waals surface area contributed by atoms with Gasteiger partial charge in [-0.25, -0.2) is 9.38 Å². The monoisotopic (exact) mass is 822 g/mol. The third-order valence-corrected chi connectivity index (χ3v) is 12.3. The number of hydrogen-bond acceptors (Lipinski definition) is 3. The van der Waals surface area contributed by atoms with Crippen LogP contribution in [0, 0.1) is 5.82 Å². The van der Waals surface area contributed by atoms with Crippen LogP contribution in [0.4, 0.5) is 4.39 Å². The van der Waals surface area contributed by atoms with Crippen LogP contribution in [-0.2, 0) is 21.7 Å². The fraction of sp³-hybridized carbons (Fsp3) is 0.304. The van der Waals surface area contributed by atoms with E-state index in [-0.39, 0.29) is 27.5 Å². The molecule has 4 nitrogen and oxygen atoms in total. The van der Waals surface area contributed by atoms with E-state index in [1.54, 1.807) is 6.07 Å². The molecule has 316 valence electrons. The maximum atomic E-state index is 14.7. The maximum absolute atomic E-state index is 14.7. The zero-order chi connectivity index (χ0) is 44.5. The molecule has 0 unspecified atom stereocenters. The predicted octanol–water partition coefficient (Wildman–Crippen LogP) is 14.8. The molecule has 0 bridgehead atoms. The number of benzene rings is 5. The van der Waals surface area contributed by atoms with Crippen molar-refractivity contribution in [1.29, 1.82) is 0 Å². The molecule has 0 saturated carbocycles. The van der Waals surface area contributed by atoms with Gasteiger partial charge in [-0.3, -0.25) is 0 Å². The van der Waals surface area contributed by atoms with Gasteiger partial charge in [0.25, 0.3) is 0 Å². The van der Waals surface area contributed by atoms with Gasteiger partial charge in [0.15, 0.2) is 0 Å². The largest absolute Gasteiger partial charge is 0.743 e. The molecule has 3 heterocycles. The van der Waals surface area contributed by atoms with Gasteiger partial charge in [0.1, 0.15) is 17.3 Å². The van der Waals surface area contributed by atoms with E-state index in [9.17, 15) is 4.39 Å². The minimum atomic E-state index is -0.925. The Morgan fingerprint density at radius 3 is 1.44 bits per heavy atom. The standard InChI is InChI=1S/C56H60BFN2O2/c1-35(51-45(36-14-22-40(23-15-36)53(2,3)4)33-47(59-51)38-18-26-42(27-19-38)55(8,9)10)52-46(37-16-24-41(25-17-37)54(5,6)7)34-48(39-20-28-43(29-21-39)56(11,12)13)60(52)57-61-49-31-30-44(58)32-50(49)62-57/h14-34H,1-13H3/b51-35-. The third kappa shape index (κ3) is 8.37. The van der Waals surface area contributed by atoms with Crippen molar-refractivity contribution in [1.82, 2.24) is 4.48 Å². The molecular formula is C56H60BFN2O2. The lowest BCUT2D eigenvalue weighted by atomic mass is 9.85. The van der Waals surface area contributed by atoms with Crippen molar-refractivity contribution in [2.24, 2.45) is 4.99 Å². The zero-order valence-corrected chi connectivity index (χ0v) is 38.8. The summed E-state index contributed by atoms with van der Waals surface area (Å²) in [4.78, 5) is 5.54. The van der Waals surface area contributed by atoms with E-state index in [1.807, 2.05) is 0 Å². The van der Waals surface area contributed by atoms with Crippen LogP contribution in [0.1, 0.15) is 129 Å². The average molecular weight is 823 g/mol. The van der Waals surface area contributed by atoms with Gasteiger partial charge < -0.3 is 13.8 Å². The first-order valence-electron chi connectivity index (χ1n) is 21.9. The van der Waals surface area contributed by atoms with Crippen LogP contribution < -0.4 is 9.31 Å². The van der Waals surface area contributed by atoms with Crippen LogP contribution in [0.2, 0.25) is 0 Å². The molecule has 0 atom stereocenters. The molecule has 8 rings (SSSR count). The van der Waals surface area contributed by atoms with Crippen LogP contribution >= 0.6 is 0 Å². The normalized spacial score (nSPS) is 15.2. The highest BCUT2D eigenvalue weighted by Gasteiger charge is 2.41. The number of allylic oxidation sites excluding steroid dienone is 3. The summed E-state index contributed by atoms with van der Waals surface area (Å²) in [5, 5.41) is 0. The second-order valence-corrected chi connectivity index (χ2v) is 21.1. The highest BCUT2D eigenvalue weighted by Crippen LogP contribution is 2.45. The van der Waals surface area contributed by atoms with Crippen molar-refractivity contribution in [3.8, 4) is 33.9 Å². The van der Waals surface area contributed by atoms with Gasteiger partial charge in [-0.05, 0) is 97.4 Å². The van der Waals surface area contributed by atoms with Gasteiger partial charge in [0.05, 0.1) is 11.4 Å². The molecule has 0 spiro atoms. The molecule has 6 aromatic rings. The van der Waals surface area contributed by atoms with E-state index in [4.69, 9.17) is 14.3 Å². The van der Waals surface area contributed by atoms with Gasteiger partial charge in [0.2, 0.25) is 0 Å². The summed E-state index contributed by atoms with van der Waals surface area (Å²) in [5.41, 5.74) is 15.8. The van der Waals surface area contributed by atoms with Crippen LogP contribution in [0.15, 0.2) is 138 Å². The van der Waals surface area contributed by atoms with Crippen molar-refractivity contribution in [3.05, 3.63) is 178 Å². The van der Waals surface area contributed by atoms with Gasteiger partial charge in [0, 0.05) is 34.2 Å². The van der Waals surface area contributed by atoms with Gasteiger partial charge in [-0.1, -0.05) is 180 Å². The molecule has 0 amide bonds. The summed E-state index contributed by atoms with van der Waals surface area (Å²) in [7, 11) is -0.925. The topological polar surface area (TPSA) is 35.8 Å². The van der Waals surface area contributed by atoms with Crippen molar-refractivity contribution < 1.29 is 13.7 Å². The molecule has 5 aromatic carbocycles. The fourth-order valence-electron chi connectivity index (χ4n) is 8.35. The molecule has 2 aliphatic rings. The number of aromatic nitrogens is 1. The van der Waals surface area contributed by atoms with Gasteiger partial charge in [-0.15, -0.1) is 0 Å². The van der Waals surface area contributed by atoms with Crippen LogP contribution in [0.3, 0.4) is 0 Å². The maximum Gasteiger partial charge on any atom is 0.743 e. The summed E-state index contributed by atoms with van der Waals surface area (Å²) in [6, 6.07) is 42.1. The summed E-state index contributed by atoms with van der Waals surface area (Å²) in [5.74, 6) is 0.475. The second kappa shape index (κ2) is 15.5. The predicted molar refractivity (Wildman–Crippen MR) is 259 cm³/mol. The minimum absolute atomic E-state index is 0.00909. The summed E-state index contributed by atoms with van der Waals surface area (Å²) in [6.07, 6.45) is 2.23. The smallest absolute Gasteiger partial charge is 0.503 e. The van der Waals surface area contributed by atoms with Crippen LogP contribution in [-0.4, -0.2) is 17.4 Å². The average Bonchev–Trinajstić information content (AvgIpc) is 3.95. The summed E-state index contributed by atoms with van der Waals surface area (Å²) in [6.45, 7) is 29.0. The van der Waals surface area contributed by atoms with E-state index in [0.29, 0.717) is 11.5 Å². The van der Waals surface area contributed by atoms with Crippen molar-refractivity contribution in [2.75, 3.05) is 0 Å². The van der Waals surface area contributed by atoms with E-state index >= 15 is 0 Å². The first-order valence-corrected chi connectivity index (χ1v) is 21.9. The molecule has 2 aliphatic heterocycles. The summed E-state index contributed by atoms with van der Waals surface area (Å²) >= 11 is 0. The number of fused-ring (bicyclic) bond motifs is 1. The Morgan fingerprint density at radius 1 is 0.516 bits per heavy atom. The lowest BCUT2D eigenvalue weighted by Gasteiger charge is -2.21. The molecule has 62 heavy (non-hydrogen) atoms. The molecule has 0 N–H and O–H groups in total. The Morgan fingerprint density at radius 2 is 0.952 bits per heavy atom. The third-order valence-electron chi connectivity index (χ3n) is 12.3. The van der Waals surface area contributed by atoms with Crippen LogP contribution in [0.25, 0.3) is 33.5 Å². The molecule has 1 aromatic heterocycles. The minimum Gasteiger partial charge on any atom is -0.503 e. The summed E-state index contributed by atoms with van der Waals surface area (Å²) < 4.78 is 30.1. The van der Waals surface area contributed by atoms with E-state index in [0.717, 1.165) is 61.8 Å². The number of aliphatic imine (C=N–C) groups is 1. The lowest BCUT2D eigenvalue weighted by Crippen LogP contribution is -2.36. The highest BCUT2D eigenvalue weighted by atomic mass is 19.1. The quantitative estimate of drug-likeness (QED) is 0.157. The molecule has 0 radical (unpaired) electrons. The fourth-order valence-corrected chi connectivity index (χ4v) is 8.35. The molecule has 0 fully saturated rings. The van der Waals surface area contributed by atoms with Crippen LogP contribution in [0.5, 0.6) is 11.5 Å². The van der Waals surface area contributed by atoms with E-state index in [1.165, 1.54) is 34.4 Å². The van der Waals surface area contributed by atoms with Crippen molar-refractivity contribution in [2.45, 2.75) is 112 Å². The van der Waals surface area contributed by atoms with Crippen molar-refractivity contribution >= 4 is 24.1 Å². The molecule has 6 heteroatoms. The Bertz CT molecular complexity index is 2740. The Kier molecular flexibility index (Phi) is 10.7. The Labute approximate surface area is 369 Å². The number of nitrogens with zero attached hydrogens (tertiary/aromatic N) is 2. The van der Waals surface area contributed by atoms with Gasteiger partial charge >= 0.3 is 7.25 Å². The number of rotatable bonds is 6. The van der Waals surface area contributed by atoms with Gasteiger partial charge in [-0.2, -0.15) is 0 Å². The molecule has 0 aliphatic carbocycles. The molecular weight excluding hydrogens is 762 g/mol. The Hall–Kier alpha value is -5.88. The SMILES string of the molecule is C/C(=C1/N=C(c2ccc(C(C)(C)C)cc2)C=C1c1ccc(C(C)(C)C)cc1)c1c(-c2ccc(C(C)(C)C)cc2)cc(-c2ccc(C(C)(C)C)cc2)n1B1Oc2ccc(F)cc2O1. The highest BCUT2D eigenvalue weighted by molar-refractivity contribution is 6.47.